The fourth-order valence-corrected chi connectivity index (χ4v) is 1.98. The molecule has 4 nitrogen and oxygen atoms in total. The van der Waals surface area contributed by atoms with Crippen molar-refractivity contribution < 1.29 is 4.42 Å². The molecule has 3 rings (SSSR count). The number of anilines is 2. The minimum atomic E-state index is 0.202. The van der Waals surface area contributed by atoms with Gasteiger partial charge in [0.1, 0.15) is 5.52 Å². The molecule has 2 aromatic carbocycles. The number of hydrogen-bond acceptors (Lipinski definition) is 4. The van der Waals surface area contributed by atoms with Gasteiger partial charge in [0.25, 0.3) is 6.01 Å². The van der Waals surface area contributed by atoms with Crippen LogP contribution in [0.1, 0.15) is 0 Å². The van der Waals surface area contributed by atoms with Crippen molar-refractivity contribution >= 4 is 33.6 Å². The van der Waals surface area contributed by atoms with Gasteiger partial charge in [-0.15, -0.1) is 0 Å². The first kappa shape index (κ1) is 9.03. The zero-order valence-electron chi connectivity index (χ0n) is 8.82. The molecule has 80 valence electrons. The Hall–Kier alpha value is -2.23. The van der Waals surface area contributed by atoms with Crippen LogP contribution in [-0.2, 0) is 0 Å². The second-order valence-corrected chi connectivity index (χ2v) is 3.62. The molecular formula is C12H11N3O. The van der Waals surface area contributed by atoms with E-state index in [-0.39, 0.29) is 6.01 Å². The highest BCUT2D eigenvalue weighted by molar-refractivity contribution is 6.09. The second kappa shape index (κ2) is 3.13. The number of nitrogens with zero attached hydrogens (tertiary/aromatic N) is 1. The Morgan fingerprint density at radius 1 is 1.25 bits per heavy atom. The van der Waals surface area contributed by atoms with Gasteiger partial charge in [0.15, 0.2) is 5.58 Å². The molecule has 0 fully saturated rings. The summed E-state index contributed by atoms with van der Waals surface area (Å²) in [6.45, 7) is 0. The summed E-state index contributed by atoms with van der Waals surface area (Å²) in [7, 11) is 1.89. The van der Waals surface area contributed by atoms with Gasteiger partial charge in [0.2, 0.25) is 0 Å². The first-order chi connectivity index (χ1) is 7.79. The van der Waals surface area contributed by atoms with Crippen molar-refractivity contribution in [2.75, 3.05) is 18.1 Å². The molecule has 0 amide bonds. The summed E-state index contributed by atoms with van der Waals surface area (Å²) in [5.41, 5.74) is 8.12. The standard InChI is InChI=1S/C12H11N3O/c1-14-9-6-10-11(16-12(13)15-10)8-5-3-2-4-7(8)9/h2-6,14H,1H3,(H2,13,15). The van der Waals surface area contributed by atoms with Crippen LogP contribution in [0.3, 0.4) is 0 Å². The van der Waals surface area contributed by atoms with Gasteiger partial charge in [-0.25, -0.2) is 0 Å². The Balaban J connectivity index is 2.56. The molecule has 0 spiro atoms. The third kappa shape index (κ3) is 1.13. The molecule has 0 radical (unpaired) electrons. The highest BCUT2D eigenvalue weighted by Gasteiger charge is 2.10. The molecule has 0 atom stereocenters. The van der Waals surface area contributed by atoms with Gasteiger partial charge in [-0.1, -0.05) is 24.3 Å². The van der Waals surface area contributed by atoms with E-state index in [1.165, 1.54) is 0 Å². The van der Waals surface area contributed by atoms with Crippen LogP contribution in [0.4, 0.5) is 11.7 Å². The fraction of sp³-hybridized carbons (Fsp3) is 0.0833. The van der Waals surface area contributed by atoms with Crippen molar-refractivity contribution in [3.8, 4) is 0 Å². The summed E-state index contributed by atoms with van der Waals surface area (Å²) in [5.74, 6) is 0. The lowest BCUT2D eigenvalue weighted by molar-refractivity contribution is 0.629. The molecular weight excluding hydrogens is 202 g/mol. The molecule has 16 heavy (non-hydrogen) atoms. The van der Waals surface area contributed by atoms with E-state index in [0.29, 0.717) is 0 Å². The first-order valence-electron chi connectivity index (χ1n) is 5.05. The number of rotatable bonds is 1. The van der Waals surface area contributed by atoms with E-state index in [1.54, 1.807) is 0 Å². The molecule has 0 unspecified atom stereocenters. The van der Waals surface area contributed by atoms with E-state index >= 15 is 0 Å². The van der Waals surface area contributed by atoms with Gasteiger partial charge in [-0.2, -0.15) is 4.98 Å². The van der Waals surface area contributed by atoms with E-state index < -0.39 is 0 Å². The molecule has 0 aliphatic carbocycles. The van der Waals surface area contributed by atoms with Crippen LogP contribution in [0.25, 0.3) is 21.9 Å². The first-order valence-corrected chi connectivity index (χ1v) is 5.05. The summed E-state index contributed by atoms with van der Waals surface area (Å²) < 4.78 is 5.42. The average Bonchev–Trinajstić information content (AvgIpc) is 2.68. The summed E-state index contributed by atoms with van der Waals surface area (Å²) in [4.78, 5) is 4.14. The van der Waals surface area contributed by atoms with E-state index in [2.05, 4.69) is 10.3 Å². The Labute approximate surface area is 92.1 Å². The topological polar surface area (TPSA) is 64.1 Å². The van der Waals surface area contributed by atoms with Gasteiger partial charge in [0.05, 0.1) is 0 Å². The third-order valence-electron chi connectivity index (χ3n) is 2.68. The van der Waals surface area contributed by atoms with Gasteiger partial charge in [-0.3, -0.25) is 0 Å². The number of nitrogens with one attached hydrogen (secondary N) is 1. The number of nitrogen functional groups attached to an aromatic ring is 1. The van der Waals surface area contributed by atoms with Crippen LogP contribution in [0.15, 0.2) is 34.7 Å². The lowest BCUT2D eigenvalue weighted by atomic mass is 10.1. The minimum Gasteiger partial charge on any atom is -0.423 e. The van der Waals surface area contributed by atoms with Crippen molar-refractivity contribution in [3.63, 3.8) is 0 Å². The Morgan fingerprint density at radius 3 is 2.75 bits per heavy atom. The number of nitrogens with two attached hydrogens (primary N) is 1. The fourth-order valence-electron chi connectivity index (χ4n) is 1.98. The molecule has 0 saturated carbocycles. The average molecular weight is 213 g/mol. The zero-order valence-corrected chi connectivity index (χ0v) is 8.82. The summed E-state index contributed by atoms with van der Waals surface area (Å²) in [6.07, 6.45) is 0. The lowest BCUT2D eigenvalue weighted by Gasteiger charge is -2.05. The smallest absolute Gasteiger partial charge is 0.293 e. The van der Waals surface area contributed by atoms with Crippen molar-refractivity contribution in [3.05, 3.63) is 30.3 Å². The van der Waals surface area contributed by atoms with Gasteiger partial charge in [0, 0.05) is 23.5 Å². The number of fused-ring (bicyclic) bond motifs is 3. The number of oxazole rings is 1. The van der Waals surface area contributed by atoms with Crippen LogP contribution in [0.5, 0.6) is 0 Å². The molecule has 0 saturated heterocycles. The maximum absolute atomic E-state index is 5.57. The Bertz CT molecular complexity index is 672. The van der Waals surface area contributed by atoms with Gasteiger partial charge < -0.3 is 15.5 Å². The van der Waals surface area contributed by atoms with Crippen molar-refractivity contribution in [1.29, 1.82) is 0 Å². The zero-order chi connectivity index (χ0) is 11.1. The molecule has 0 aliphatic rings. The summed E-state index contributed by atoms with van der Waals surface area (Å²) in [6, 6.07) is 10.2. The lowest BCUT2D eigenvalue weighted by Crippen LogP contribution is -1.89. The van der Waals surface area contributed by atoms with Crippen molar-refractivity contribution in [2.45, 2.75) is 0 Å². The molecule has 1 aromatic heterocycles. The van der Waals surface area contributed by atoms with E-state index in [4.69, 9.17) is 10.2 Å². The molecule has 4 heteroatoms. The normalized spacial score (nSPS) is 11.1. The highest BCUT2D eigenvalue weighted by Crippen LogP contribution is 2.32. The second-order valence-electron chi connectivity index (χ2n) is 3.62. The highest BCUT2D eigenvalue weighted by atomic mass is 16.4. The van der Waals surface area contributed by atoms with Crippen LogP contribution in [-0.4, -0.2) is 12.0 Å². The Morgan fingerprint density at radius 2 is 2.00 bits per heavy atom. The predicted molar refractivity (Wildman–Crippen MR) is 65.5 cm³/mol. The van der Waals surface area contributed by atoms with Crippen LogP contribution in [0, 0.1) is 0 Å². The quantitative estimate of drug-likeness (QED) is 0.652. The van der Waals surface area contributed by atoms with E-state index in [0.717, 1.165) is 27.6 Å². The molecule has 0 bridgehead atoms. The van der Waals surface area contributed by atoms with Crippen LogP contribution >= 0.6 is 0 Å². The molecule has 3 aromatic rings. The van der Waals surface area contributed by atoms with E-state index in [9.17, 15) is 0 Å². The largest absolute Gasteiger partial charge is 0.423 e. The molecule has 0 aliphatic heterocycles. The SMILES string of the molecule is CNc1cc2nc(N)oc2c2ccccc12. The summed E-state index contributed by atoms with van der Waals surface area (Å²) in [5, 5.41) is 5.28. The molecule has 3 N–H and O–H groups in total. The third-order valence-corrected chi connectivity index (χ3v) is 2.68. The number of benzene rings is 2. The van der Waals surface area contributed by atoms with E-state index in [1.807, 2.05) is 37.4 Å². The van der Waals surface area contributed by atoms with Crippen LogP contribution in [0.2, 0.25) is 0 Å². The Kier molecular flexibility index (Phi) is 1.77. The van der Waals surface area contributed by atoms with Crippen LogP contribution < -0.4 is 11.1 Å². The number of hydrogen-bond donors (Lipinski definition) is 2. The maximum Gasteiger partial charge on any atom is 0.293 e. The summed E-state index contributed by atoms with van der Waals surface area (Å²) >= 11 is 0. The minimum absolute atomic E-state index is 0.202. The monoisotopic (exact) mass is 213 g/mol. The van der Waals surface area contributed by atoms with Gasteiger partial charge >= 0.3 is 0 Å². The van der Waals surface area contributed by atoms with Crippen molar-refractivity contribution in [1.82, 2.24) is 4.98 Å². The molecule has 1 heterocycles. The van der Waals surface area contributed by atoms with Crippen molar-refractivity contribution in [2.24, 2.45) is 0 Å². The van der Waals surface area contributed by atoms with Gasteiger partial charge in [-0.05, 0) is 6.07 Å². The predicted octanol–water partition coefficient (Wildman–Crippen LogP) is 2.60. The number of aromatic nitrogens is 1. The maximum atomic E-state index is 5.57.